The Hall–Kier alpha value is -2.74. The van der Waals surface area contributed by atoms with Crippen LogP contribution in [0.3, 0.4) is 0 Å². The molecule has 4 heterocycles. The van der Waals surface area contributed by atoms with Gasteiger partial charge in [-0.25, -0.2) is 0 Å². The molecule has 1 saturated heterocycles. The summed E-state index contributed by atoms with van der Waals surface area (Å²) in [5, 5.41) is 8.24. The van der Waals surface area contributed by atoms with Gasteiger partial charge in [0.15, 0.2) is 0 Å². The second-order valence-electron chi connectivity index (χ2n) is 10.2. The molecule has 2 aromatic heterocycles. The van der Waals surface area contributed by atoms with Crippen LogP contribution in [-0.4, -0.2) is 65.8 Å². The van der Waals surface area contributed by atoms with Crippen LogP contribution < -0.4 is 10.6 Å². The van der Waals surface area contributed by atoms with E-state index in [1.807, 2.05) is 18.5 Å². The molecule has 186 valence electrons. The van der Waals surface area contributed by atoms with Gasteiger partial charge in [0.2, 0.25) is 5.91 Å². The van der Waals surface area contributed by atoms with E-state index >= 15 is 0 Å². The van der Waals surface area contributed by atoms with Gasteiger partial charge in [-0.05, 0) is 47.6 Å². The molecule has 2 N–H and O–H groups in total. The number of rotatable bonds is 8. The Morgan fingerprint density at radius 3 is 2.86 bits per heavy atom. The molecular formula is C28H37N5O2. The summed E-state index contributed by atoms with van der Waals surface area (Å²) in [7, 11) is 0. The predicted octanol–water partition coefficient (Wildman–Crippen LogP) is 3.13. The van der Waals surface area contributed by atoms with Gasteiger partial charge in [-0.2, -0.15) is 0 Å². The summed E-state index contributed by atoms with van der Waals surface area (Å²) in [4.78, 5) is 20.0. The summed E-state index contributed by atoms with van der Waals surface area (Å²) in [5.74, 6) is 0.611. The lowest BCUT2D eigenvalue weighted by atomic mass is 9.94. The molecule has 0 aliphatic carbocycles. The topological polar surface area (TPSA) is 71.4 Å². The maximum absolute atomic E-state index is 13.4. The van der Waals surface area contributed by atoms with Gasteiger partial charge in [0.1, 0.15) is 0 Å². The minimum absolute atomic E-state index is 0.0907. The number of nitrogens with zero attached hydrogens (tertiary/aromatic N) is 3. The van der Waals surface area contributed by atoms with Crippen LogP contribution in [0.25, 0.3) is 10.9 Å². The lowest BCUT2D eigenvalue weighted by Gasteiger charge is -2.28. The minimum atomic E-state index is -0.256. The molecule has 3 aromatic rings. The van der Waals surface area contributed by atoms with Crippen molar-refractivity contribution in [3.63, 3.8) is 0 Å². The molecule has 0 saturated carbocycles. The summed E-state index contributed by atoms with van der Waals surface area (Å²) in [5.41, 5.74) is 4.95. The van der Waals surface area contributed by atoms with Gasteiger partial charge in [0, 0.05) is 68.3 Å². The summed E-state index contributed by atoms with van der Waals surface area (Å²) < 4.78 is 7.75. The summed E-state index contributed by atoms with van der Waals surface area (Å²) in [6.07, 6.45) is 7.66. The number of ether oxygens (including phenoxy) is 1. The molecule has 0 spiro atoms. The monoisotopic (exact) mass is 475 g/mol. The van der Waals surface area contributed by atoms with E-state index in [9.17, 15) is 4.79 Å². The second-order valence-corrected chi connectivity index (χ2v) is 10.2. The Morgan fingerprint density at radius 1 is 1.23 bits per heavy atom. The molecule has 0 unspecified atom stereocenters. The van der Waals surface area contributed by atoms with Crippen LogP contribution in [0, 0.1) is 5.92 Å². The second kappa shape index (κ2) is 10.9. The van der Waals surface area contributed by atoms with Crippen molar-refractivity contribution >= 4 is 16.8 Å². The molecule has 0 bridgehead atoms. The highest BCUT2D eigenvalue weighted by molar-refractivity contribution is 5.90. The first-order chi connectivity index (χ1) is 17.1. The van der Waals surface area contributed by atoms with Gasteiger partial charge in [0.25, 0.3) is 0 Å². The number of aromatic nitrogens is 2. The summed E-state index contributed by atoms with van der Waals surface area (Å²) in [6, 6.07) is 10.6. The van der Waals surface area contributed by atoms with E-state index in [4.69, 9.17) is 4.74 Å². The van der Waals surface area contributed by atoms with Gasteiger partial charge in [-0.1, -0.05) is 32.0 Å². The number of hydrogen-bond donors (Lipinski definition) is 2. The van der Waals surface area contributed by atoms with Crippen molar-refractivity contribution in [2.75, 3.05) is 39.4 Å². The van der Waals surface area contributed by atoms with E-state index in [1.54, 1.807) is 0 Å². The Balaban J connectivity index is 1.39. The van der Waals surface area contributed by atoms with Crippen molar-refractivity contribution in [3.8, 4) is 0 Å². The van der Waals surface area contributed by atoms with Crippen molar-refractivity contribution < 1.29 is 9.53 Å². The smallest absolute Gasteiger partial charge is 0.237 e. The highest BCUT2D eigenvalue weighted by atomic mass is 16.5. The highest BCUT2D eigenvalue weighted by Crippen LogP contribution is 2.36. The highest BCUT2D eigenvalue weighted by Gasteiger charge is 2.31. The number of nitrogens with one attached hydrogen (secondary N) is 2. The van der Waals surface area contributed by atoms with E-state index in [2.05, 4.69) is 69.4 Å². The SMILES string of the molecule is CC(C)C[C@@H]1N[C@H](C(=O)NCCN2CCOCC2)Cc2cn(Cc3cccnc3)c3cccc1c23. The molecule has 2 aliphatic heterocycles. The lowest BCUT2D eigenvalue weighted by molar-refractivity contribution is -0.123. The van der Waals surface area contributed by atoms with Crippen molar-refractivity contribution in [2.24, 2.45) is 5.92 Å². The first-order valence-corrected chi connectivity index (χ1v) is 12.9. The van der Waals surface area contributed by atoms with Crippen molar-refractivity contribution in [2.45, 2.75) is 45.3 Å². The maximum Gasteiger partial charge on any atom is 0.237 e. The number of pyridine rings is 1. The van der Waals surface area contributed by atoms with Crippen LogP contribution in [0.4, 0.5) is 0 Å². The molecule has 35 heavy (non-hydrogen) atoms. The summed E-state index contributed by atoms with van der Waals surface area (Å²) in [6.45, 7) is 10.2. The van der Waals surface area contributed by atoms with Crippen LogP contribution >= 0.6 is 0 Å². The Labute approximate surface area is 207 Å². The zero-order valence-corrected chi connectivity index (χ0v) is 20.9. The Kier molecular flexibility index (Phi) is 7.46. The molecular weight excluding hydrogens is 438 g/mol. The maximum atomic E-state index is 13.4. The molecule has 1 fully saturated rings. The van der Waals surface area contributed by atoms with Gasteiger partial charge in [-0.3, -0.25) is 20.0 Å². The van der Waals surface area contributed by atoms with E-state index < -0.39 is 0 Å². The predicted molar refractivity (Wildman–Crippen MR) is 138 cm³/mol. The molecule has 1 aromatic carbocycles. The van der Waals surface area contributed by atoms with Gasteiger partial charge < -0.3 is 14.6 Å². The number of hydrogen-bond acceptors (Lipinski definition) is 5. The quantitative estimate of drug-likeness (QED) is 0.524. The van der Waals surface area contributed by atoms with Crippen LogP contribution in [0.15, 0.2) is 48.9 Å². The molecule has 7 nitrogen and oxygen atoms in total. The van der Waals surface area contributed by atoms with Crippen LogP contribution in [-0.2, 0) is 22.5 Å². The molecule has 2 atom stereocenters. The number of carbonyl (C=O) groups is 1. The van der Waals surface area contributed by atoms with Crippen LogP contribution in [0.2, 0.25) is 0 Å². The Bertz CT molecular complexity index is 1140. The van der Waals surface area contributed by atoms with Gasteiger partial charge >= 0.3 is 0 Å². The third-order valence-corrected chi connectivity index (χ3v) is 7.15. The Morgan fingerprint density at radius 2 is 2.09 bits per heavy atom. The molecule has 2 aliphatic rings. The normalized spacial score (nSPS) is 20.8. The average molecular weight is 476 g/mol. The standard InChI is InChI=1S/C28H37N5O2/c1-20(2)15-24-23-6-3-7-26-27(23)22(19-33(26)18-21-5-4-8-29-17-21)16-25(31-24)28(34)30-9-10-32-11-13-35-14-12-32/h3-8,17,19-20,24-25,31H,9-16,18H2,1-2H3,(H,30,34)/t24-,25-/m0/s1. The van der Waals surface area contributed by atoms with E-state index in [0.717, 1.165) is 45.8 Å². The third kappa shape index (κ3) is 5.58. The molecule has 5 rings (SSSR count). The first kappa shape index (κ1) is 24.0. The fraction of sp³-hybridized carbons (Fsp3) is 0.500. The largest absolute Gasteiger partial charge is 0.379 e. The molecule has 0 radical (unpaired) electrons. The molecule has 1 amide bonds. The average Bonchev–Trinajstić information content (AvgIpc) is 3.12. The first-order valence-electron chi connectivity index (χ1n) is 12.9. The fourth-order valence-electron chi connectivity index (χ4n) is 5.46. The van der Waals surface area contributed by atoms with Crippen LogP contribution in [0.5, 0.6) is 0 Å². The number of morpholine rings is 1. The van der Waals surface area contributed by atoms with E-state index in [-0.39, 0.29) is 18.0 Å². The van der Waals surface area contributed by atoms with E-state index in [1.165, 1.54) is 27.6 Å². The number of carbonyl (C=O) groups excluding carboxylic acids is 1. The fourth-order valence-corrected chi connectivity index (χ4v) is 5.46. The number of amides is 1. The van der Waals surface area contributed by atoms with Crippen LogP contribution in [0.1, 0.15) is 43.0 Å². The zero-order valence-electron chi connectivity index (χ0n) is 20.9. The van der Waals surface area contributed by atoms with E-state index in [0.29, 0.717) is 18.9 Å². The van der Waals surface area contributed by atoms with Gasteiger partial charge in [-0.15, -0.1) is 0 Å². The van der Waals surface area contributed by atoms with Crippen molar-refractivity contribution in [1.82, 2.24) is 25.1 Å². The number of benzene rings is 1. The van der Waals surface area contributed by atoms with Crippen molar-refractivity contribution in [1.29, 1.82) is 0 Å². The minimum Gasteiger partial charge on any atom is -0.379 e. The lowest BCUT2D eigenvalue weighted by Crippen LogP contribution is -2.48. The summed E-state index contributed by atoms with van der Waals surface area (Å²) >= 11 is 0. The zero-order chi connectivity index (χ0) is 24.2. The van der Waals surface area contributed by atoms with Gasteiger partial charge in [0.05, 0.1) is 19.3 Å². The third-order valence-electron chi connectivity index (χ3n) is 7.15. The van der Waals surface area contributed by atoms with Crippen molar-refractivity contribution in [3.05, 3.63) is 65.6 Å². The molecule has 7 heteroatoms.